The fourth-order valence-corrected chi connectivity index (χ4v) is 8.25. The van der Waals surface area contributed by atoms with E-state index in [0.29, 0.717) is 36.1 Å². The second-order valence-electron chi connectivity index (χ2n) is 15.9. The van der Waals surface area contributed by atoms with Crippen LogP contribution in [-0.4, -0.2) is 64.6 Å². The van der Waals surface area contributed by atoms with Gasteiger partial charge in [0.1, 0.15) is 18.1 Å². The highest BCUT2D eigenvalue weighted by molar-refractivity contribution is 6.41. The van der Waals surface area contributed by atoms with Gasteiger partial charge in [0.25, 0.3) is 0 Å². The summed E-state index contributed by atoms with van der Waals surface area (Å²) in [6.07, 6.45) is 6.42. The zero-order valence-electron chi connectivity index (χ0n) is 34.5. The highest BCUT2D eigenvalue weighted by Gasteiger charge is 2.48. The quantitative estimate of drug-likeness (QED) is 0.115. The Balaban J connectivity index is 0.00000152. The summed E-state index contributed by atoms with van der Waals surface area (Å²) in [4.78, 5) is 23.1. The van der Waals surface area contributed by atoms with Gasteiger partial charge < -0.3 is 15.4 Å². The zero-order chi connectivity index (χ0) is 41.4. The van der Waals surface area contributed by atoms with Crippen LogP contribution in [-0.2, 0) is 15.7 Å². The molecule has 0 radical (unpaired) electrons. The summed E-state index contributed by atoms with van der Waals surface area (Å²) >= 11 is 6.79. The first-order valence-corrected chi connectivity index (χ1v) is 19.9. The van der Waals surface area contributed by atoms with E-state index in [9.17, 15) is 18.0 Å². The fraction of sp³-hybridized carbons (Fsp3) is 0.605. The van der Waals surface area contributed by atoms with Crippen molar-refractivity contribution >= 4 is 34.5 Å². The molecule has 306 valence electrons. The number of allylic oxidation sites excluding steroid dienone is 8. The Hall–Kier alpha value is -3.44. The number of ether oxygens (including phenoxy) is 1. The highest BCUT2D eigenvalue weighted by atomic mass is 35.5. The minimum atomic E-state index is -4.84. The van der Waals surface area contributed by atoms with E-state index in [1.54, 1.807) is 6.08 Å². The maximum absolute atomic E-state index is 17.3. The third kappa shape index (κ3) is 11.3. The van der Waals surface area contributed by atoms with Gasteiger partial charge in [-0.2, -0.15) is 13.2 Å². The molecular weight excluding hydrogens is 730 g/mol. The Kier molecular flexibility index (Phi) is 16.4. The maximum atomic E-state index is 17.3. The zero-order valence-corrected chi connectivity index (χ0v) is 35.2. The van der Waals surface area contributed by atoms with Crippen molar-refractivity contribution in [2.75, 3.05) is 32.5 Å². The van der Waals surface area contributed by atoms with Crippen LogP contribution in [0.5, 0.6) is 0 Å². The van der Waals surface area contributed by atoms with Crippen molar-refractivity contribution in [1.82, 2.24) is 14.8 Å². The highest BCUT2D eigenvalue weighted by Crippen LogP contribution is 2.45. The predicted octanol–water partition coefficient (Wildman–Crippen LogP) is 11.2. The molecule has 3 aliphatic rings. The predicted molar refractivity (Wildman–Crippen MR) is 218 cm³/mol. The van der Waals surface area contributed by atoms with Gasteiger partial charge in [-0.05, 0) is 113 Å². The van der Waals surface area contributed by atoms with Gasteiger partial charge in [-0.1, -0.05) is 66.1 Å². The molecule has 0 saturated carbocycles. The molecule has 7 nitrogen and oxygen atoms in total. The summed E-state index contributed by atoms with van der Waals surface area (Å²) in [5.41, 5.74) is 4.34. The van der Waals surface area contributed by atoms with Crippen LogP contribution in [0.25, 0.3) is 5.57 Å². The number of aryl methyl sites for hydroxylation is 1. The first-order valence-electron chi connectivity index (χ1n) is 19.6. The van der Waals surface area contributed by atoms with Crippen molar-refractivity contribution in [1.29, 1.82) is 0 Å². The second kappa shape index (κ2) is 19.6. The second-order valence-corrected chi connectivity index (χ2v) is 16.3. The van der Waals surface area contributed by atoms with Gasteiger partial charge >= 0.3 is 6.18 Å². The van der Waals surface area contributed by atoms with E-state index < -0.39 is 28.8 Å². The molecule has 1 aromatic rings. The van der Waals surface area contributed by atoms with Crippen LogP contribution in [0, 0.1) is 24.7 Å². The summed E-state index contributed by atoms with van der Waals surface area (Å²) in [7, 11) is 1.97. The number of pyridine rings is 1. The van der Waals surface area contributed by atoms with Crippen molar-refractivity contribution in [2.45, 2.75) is 125 Å². The van der Waals surface area contributed by atoms with Crippen molar-refractivity contribution in [3.63, 3.8) is 0 Å². The molecule has 4 rings (SSSR count). The Morgan fingerprint density at radius 3 is 2.47 bits per heavy atom. The molecule has 55 heavy (non-hydrogen) atoms. The van der Waals surface area contributed by atoms with Crippen LogP contribution in [0.15, 0.2) is 63.9 Å². The number of carbonyl (C=O) groups excluding carboxylic acids is 1. The lowest BCUT2D eigenvalue weighted by Gasteiger charge is -2.36. The number of rotatable bonds is 14. The molecule has 12 heteroatoms. The monoisotopic (exact) mass is 791 g/mol. The summed E-state index contributed by atoms with van der Waals surface area (Å²) < 4.78 is 67.2. The molecule has 2 aliphatic heterocycles. The largest absolute Gasteiger partial charge is 0.476 e. The molecule has 1 aromatic heterocycles. The minimum absolute atomic E-state index is 0.0185. The smallest absolute Gasteiger partial charge is 0.418 e. The number of nitrogens with zero attached hydrogens (tertiary/aromatic N) is 4. The number of aromatic nitrogens is 1. The molecule has 4 atom stereocenters. The Morgan fingerprint density at radius 1 is 1.25 bits per heavy atom. The lowest BCUT2D eigenvalue weighted by atomic mass is 9.89. The average molecular weight is 792 g/mol. The van der Waals surface area contributed by atoms with Crippen molar-refractivity contribution in [3.05, 3.63) is 75.7 Å². The van der Waals surface area contributed by atoms with Crippen molar-refractivity contribution in [2.24, 2.45) is 22.7 Å². The van der Waals surface area contributed by atoms with Gasteiger partial charge in [0.05, 0.1) is 27.4 Å². The number of nitrogens with two attached hydrogens (primary N) is 1. The van der Waals surface area contributed by atoms with Gasteiger partial charge in [-0.15, -0.1) is 0 Å². The normalized spacial score (nSPS) is 23.3. The van der Waals surface area contributed by atoms with Gasteiger partial charge in [0, 0.05) is 30.9 Å². The molecule has 1 aliphatic carbocycles. The summed E-state index contributed by atoms with van der Waals surface area (Å²) in [6.45, 7) is 23.2. The number of halogens is 5. The van der Waals surface area contributed by atoms with Gasteiger partial charge in [-0.25, -0.2) is 14.4 Å². The lowest BCUT2D eigenvalue weighted by molar-refractivity contribution is -0.138. The van der Waals surface area contributed by atoms with Crippen molar-refractivity contribution < 1.29 is 27.1 Å². The Labute approximate surface area is 331 Å². The van der Waals surface area contributed by atoms with Gasteiger partial charge in [0.15, 0.2) is 11.6 Å². The van der Waals surface area contributed by atoms with Crippen LogP contribution in [0.2, 0.25) is 0 Å². The molecule has 2 fully saturated rings. The average Bonchev–Trinajstić information content (AvgIpc) is 3.62. The number of hydrogen-bond donors (Lipinski definition) is 1. The number of ketones is 1. The molecule has 0 spiro atoms. The number of nitrogen functional groups attached to an aromatic ring is 1. The first-order chi connectivity index (χ1) is 25.7. The van der Waals surface area contributed by atoms with Gasteiger partial charge in [0.2, 0.25) is 5.88 Å². The lowest BCUT2D eigenvalue weighted by Crippen LogP contribution is -2.42. The van der Waals surface area contributed by atoms with Crippen molar-refractivity contribution in [3.8, 4) is 0 Å². The molecule has 3 heterocycles. The molecular formula is C43H62ClF4N5O2. The minimum Gasteiger partial charge on any atom is -0.476 e. The summed E-state index contributed by atoms with van der Waals surface area (Å²) in [5.74, 6) is 0.422. The molecule has 0 amide bonds. The van der Waals surface area contributed by atoms with E-state index in [0.717, 1.165) is 57.7 Å². The molecule has 0 bridgehead atoms. The number of aliphatic imine (C=N–C) groups is 1. The number of fused-ring (bicyclic) bond motifs is 1. The van der Waals surface area contributed by atoms with Crippen LogP contribution in [0.4, 0.5) is 23.4 Å². The van der Waals surface area contributed by atoms with E-state index in [2.05, 4.69) is 56.0 Å². The van der Waals surface area contributed by atoms with Crippen LogP contribution < -0.4 is 5.73 Å². The van der Waals surface area contributed by atoms with Gasteiger partial charge in [-0.3, -0.25) is 9.69 Å². The van der Waals surface area contributed by atoms with E-state index in [-0.39, 0.29) is 51.3 Å². The number of carbonyl (C=O) groups is 1. The molecule has 2 N–H and O–H groups in total. The molecule has 2 saturated heterocycles. The van der Waals surface area contributed by atoms with Crippen LogP contribution >= 0.6 is 11.6 Å². The van der Waals surface area contributed by atoms with Crippen LogP contribution in [0.1, 0.15) is 117 Å². The third-order valence-corrected chi connectivity index (χ3v) is 11.5. The van der Waals surface area contributed by atoms with E-state index in [4.69, 9.17) is 27.1 Å². The summed E-state index contributed by atoms with van der Waals surface area (Å²) in [5, 5.41) is -0.213. The number of alkyl halides is 3. The number of hydrogen-bond acceptors (Lipinski definition) is 7. The van der Waals surface area contributed by atoms with E-state index >= 15 is 4.39 Å². The summed E-state index contributed by atoms with van der Waals surface area (Å²) in [6, 6.07) is 1.24. The Bertz CT molecular complexity index is 1710. The van der Waals surface area contributed by atoms with E-state index in [1.165, 1.54) is 26.0 Å². The fourth-order valence-electron chi connectivity index (χ4n) is 7.97. The van der Waals surface area contributed by atoms with E-state index in [1.807, 2.05) is 20.9 Å². The standard InChI is InChI=1S/C39H56ClF4N5O.C4H6O/c1-10-13-32(50-22-38-16-12-17-49(38)21-25(6)20-38)47-36-28(27(8)48(9)30(23(3)4)15-14-24(5)11-2)19-29(40)33(35(36)41)37-34(39(42,43)44)26(7)18-31(45)46-37;1-3-4(2)5/h13,18-19,23-25,30H,10-12,14-17,20-22H2,1-9H3,(H2,45,46);3H,1H2,2H3/b28-27+,32-13-,47-36+;. The molecule has 0 aromatic carbocycles. The number of anilines is 1. The maximum Gasteiger partial charge on any atom is 0.418 e. The molecule has 4 unspecified atom stereocenters. The SMILES string of the molecule is C=CC(C)=O.CC/C=C(/N=C1/C(F)=C(c2nc(N)cc(C)c2C(F)(F)F)C(Cl)=C/C1=C(/C)N(C)C(CCC(C)CC)C(C)C)OCC12CCCN1CC(C)C2. The third-order valence-electron chi connectivity index (χ3n) is 11.2. The first kappa shape index (κ1) is 45.9. The van der Waals surface area contributed by atoms with Crippen LogP contribution in [0.3, 0.4) is 0 Å². The topological polar surface area (TPSA) is 84.0 Å². The Morgan fingerprint density at radius 2 is 1.91 bits per heavy atom.